The Morgan fingerprint density at radius 2 is 2.41 bits per heavy atom. The van der Waals surface area contributed by atoms with Crippen molar-refractivity contribution in [1.29, 1.82) is 0 Å². The summed E-state index contributed by atoms with van der Waals surface area (Å²) >= 11 is 5.70. The molecule has 6 heteroatoms. The Kier molecular flexibility index (Phi) is 5.02. The molecule has 0 aromatic carbocycles. The molecule has 0 fully saturated rings. The molecule has 1 amide bonds. The predicted octanol–water partition coefficient (Wildman–Crippen LogP) is 1.97. The Hall–Kier alpha value is -1.00. The highest BCUT2D eigenvalue weighted by atomic mass is 35.5. The molecule has 1 aromatic rings. The van der Waals surface area contributed by atoms with E-state index in [0.29, 0.717) is 30.3 Å². The molecule has 2 rings (SSSR count). The standard InChI is InChI=1S/C11H13ClN2O2.ClH/c1-14-7-8(4-5-12)16-10-9(11(14)15)3-2-6-13-10;/h2-3,6,8H,4-5,7H2,1H3;1H. The van der Waals surface area contributed by atoms with Crippen molar-refractivity contribution in [2.45, 2.75) is 12.5 Å². The van der Waals surface area contributed by atoms with Gasteiger partial charge < -0.3 is 9.64 Å². The topological polar surface area (TPSA) is 42.4 Å². The van der Waals surface area contributed by atoms with Crippen LogP contribution in [0.15, 0.2) is 18.3 Å². The monoisotopic (exact) mass is 276 g/mol. The van der Waals surface area contributed by atoms with Gasteiger partial charge in [0, 0.05) is 19.1 Å². The van der Waals surface area contributed by atoms with Gasteiger partial charge in [-0.15, -0.1) is 24.0 Å². The van der Waals surface area contributed by atoms with E-state index < -0.39 is 0 Å². The van der Waals surface area contributed by atoms with E-state index in [1.165, 1.54) is 0 Å². The second-order valence-corrected chi connectivity index (χ2v) is 4.14. The van der Waals surface area contributed by atoms with E-state index in [1.54, 1.807) is 30.3 Å². The highest BCUT2D eigenvalue weighted by Gasteiger charge is 2.26. The zero-order chi connectivity index (χ0) is 11.5. The number of amides is 1. The number of carbonyl (C=O) groups is 1. The fourth-order valence-electron chi connectivity index (χ4n) is 1.71. The smallest absolute Gasteiger partial charge is 0.259 e. The molecule has 0 N–H and O–H groups in total. The lowest BCUT2D eigenvalue weighted by atomic mass is 10.2. The first kappa shape index (κ1) is 14.1. The van der Waals surface area contributed by atoms with Crippen molar-refractivity contribution < 1.29 is 9.53 Å². The summed E-state index contributed by atoms with van der Waals surface area (Å²) in [7, 11) is 1.76. The largest absolute Gasteiger partial charge is 0.472 e. The third-order valence-corrected chi connectivity index (χ3v) is 2.75. The van der Waals surface area contributed by atoms with Crippen LogP contribution in [0, 0.1) is 0 Å². The fourth-order valence-corrected chi connectivity index (χ4v) is 1.95. The number of hydrogen-bond acceptors (Lipinski definition) is 3. The Balaban J connectivity index is 0.00000144. The molecule has 4 nitrogen and oxygen atoms in total. The number of carbonyl (C=O) groups excluding carboxylic acids is 1. The highest BCUT2D eigenvalue weighted by Crippen LogP contribution is 2.22. The molecule has 0 bridgehead atoms. The molecule has 1 aliphatic rings. The number of likely N-dealkylation sites (N-methyl/N-ethyl adjacent to an activating group) is 1. The fraction of sp³-hybridized carbons (Fsp3) is 0.455. The molecule has 0 saturated carbocycles. The van der Waals surface area contributed by atoms with Gasteiger partial charge >= 0.3 is 0 Å². The average Bonchev–Trinajstić information content (AvgIpc) is 2.39. The van der Waals surface area contributed by atoms with Gasteiger partial charge in [0.15, 0.2) is 0 Å². The van der Waals surface area contributed by atoms with Crippen molar-refractivity contribution in [3.8, 4) is 5.88 Å². The van der Waals surface area contributed by atoms with Crippen molar-refractivity contribution in [2.75, 3.05) is 19.5 Å². The minimum atomic E-state index is -0.0809. The number of ether oxygens (including phenoxy) is 1. The predicted molar refractivity (Wildman–Crippen MR) is 68.2 cm³/mol. The maximum Gasteiger partial charge on any atom is 0.259 e. The lowest BCUT2D eigenvalue weighted by Gasteiger charge is -2.19. The number of aromatic nitrogens is 1. The van der Waals surface area contributed by atoms with Gasteiger partial charge in [0.2, 0.25) is 5.88 Å². The van der Waals surface area contributed by atoms with Gasteiger partial charge in [-0.05, 0) is 18.6 Å². The number of rotatable bonds is 2. The number of alkyl halides is 1. The number of halogens is 2. The molecule has 94 valence electrons. The molecule has 0 radical (unpaired) electrons. The number of fused-ring (bicyclic) bond motifs is 1. The molecule has 17 heavy (non-hydrogen) atoms. The van der Waals surface area contributed by atoms with Gasteiger partial charge in [0.05, 0.1) is 6.54 Å². The van der Waals surface area contributed by atoms with Crippen molar-refractivity contribution in [2.24, 2.45) is 0 Å². The zero-order valence-corrected chi connectivity index (χ0v) is 11.0. The normalized spacial score (nSPS) is 18.8. The summed E-state index contributed by atoms with van der Waals surface area (Å²) in [6, 6.07) is 3.46. The maximum absolute atomic E-state index is 12.0. The van der Waals surface area contributed by atoms with Crippen LogP contribution in [0.3, 0.4) is 0 Å². The van der Waals surface area contributed by atoms with E-state index in [-0.39, 0.29) is 24.4 Å². The summed E-state index contributed by atoms with van der Waals surface area (Å²) in [5.41, 5.74) is 0.516. The van der Waals surface area contributed by atoms with Gasteiger partial charge in [-0.2, -0.15) is 0 Å². The summed E-state index contributed by atoms with van der Waals surface area (Å²) in [5.74, 6) is 0.863. The lowest BCUT2D eigenvalue weighted by molar-refractivity contribution is 0.0758. The Labute approximate surface area is 111 Å². The van der Waals surface area contributed by atoms with Gasteiger partial charge in [-0.25, -0.2) is 4.98 Å². The van der Waals surface area contributed by atoms with Crippen LogP contribution in [0.2, 0.25) is 0 Å². The Morgan fingerprint density at radius 3 is 3.12 bits per heavy atom. The summed E-state index contributed by atoms with van der Waals surface area (Å²) in [4.78, 5) is 17.7. The van der Waals surface area contributed by atoms with Crippen molar-refractivity contribution in [3.05, 3.63) is 23.9 Å². The van der Waals surface area contributed by atoms with Crippen LogP contribution < -0.4 is 4.74 Å². The zero-order valence-electron chi connectivity index (χ0n) is 9.43. The summed E-state index contributed by atoms with van der Waals surface area (Å²) in [5, 5.41) is 0. The van der Waals surface area contributed by atoms with E-state index in [2.05, 4.69) is 4.98 Å². The third kappa shape index (κ3) is 3.01. The lowest BCUT2D eigenvalue weighted by Crippen LogP contribution is -2.34. The molecule has 0 aliphatic carbocycles. The summed E-state index contributed by atoms with van der Waals surface area (Å²) in [6.45, 7) is 0.544. The molecule has 1 unspecified atom stereocenters. The first-order valence-electron chi connectivity index (χ1n) is 5.15. The summed E-state index contributed by atoms with van der Waals surface area (Å²) in [6.07, 6.45) is 2.24. The van der Waals surface area contributed by atoms with Crippen LogP contribution >= 0.6 is 24.0 Å². The van der Waals surface area contributed by atoms with Crippen molar-refractivity contribution in [3.63, 3.8) is 0 Å². The SMILES string of the molecule is CN1CC(CCCl)Oc2ncccc2C1=O.Cl. The van der Waals surface area contributed by atoms with Crippen molar-refractivity contribution in [1.82, 2.24) is 9.88 Å². The minimum absolute atomic E-state index is 0. The Morgan fingerprint density at radius 1 is 1.65 bits per heavy atom. The van der Waals surface area contributed by atoms with E-state index in [9.17, 15) is 4.79 Å². The molecule has 0 saturated heterocycles. The van der Waals surface area contributed by atoms with Gasteiger partial charge in [0.1, 0.15) is 11.7 Å². The number of pyridine rings is 1. The van der Waals surface area contributed by atoms with Crippen LogP contribution in [-0.4, -0.2) is 41.4 Å². The van der Waals surface area contributed by atoms with Crippen LogP contribution in [0.25, 0.3) is 0 Å². The molecule has 2 heterocycles. The van der Waals surface area contributed by atoms with Crippen molar-refractivity contribution >= 4 is 29.9 Å². The quantitative estimate of drug-likeness (QED) is 0.776. The van der Waals surface area contributed by atoms with Crippen LogP contribution in [0.4, 0.5) is 0 Å². The Bertz CT molecular complexity index is 401. The third-order valence-electron chi connectivity index (χ3n) is 2.54. The number of nitrogens with zero attached hydrogens (tertiary/aromatic N) is 2. The first-order valence-corrected chi connectivity index (χ1v) is 5.69. The second-order valence-electron chi connectivity index (χ2n) is 3.76. The van der Waals surface area contributed by atoms with E-state index >= 15 is 0 Å². The van der Waals surface area contributed by atoms with Crippen LogP contribution in [0.5, 0.6) is 5.88 Å². The highest BCUT2D eigenvalue weighted by molar-refractivity contribution is 6.17. The van der Waals surface area contributed by atoms with E-state index in [0.717, 1.165) is 0 Å². The van der Waals surface area contributed by atoms with E-state index in [4.69, 9.17) is 16.3 Å². The molecule has 1 aliphatic heterocycles. The first-order chi connectivity index (χ1) is 7.72. The molecule has 1 atom stereocenters. The maximum atomic E-state index is 12.0. The minimum Gasteiger partial charge on any atom is -0.472 e. The average molecular weight is 277 g/mol. The number of hydrogen-bond donors (Lipinski definition) is 0. The molecular weight excluding hydrogens is 263 g/mol. The van der Waals surface area contributed by atoms with Gasteiger partial charge in [-0.1, -0.05) is 0 Å². The van der Waals surface area contributed by atoms with Gasteiger partial charge in [0.25, 0.3) is 5.91 Å². The van der Waals surface area contributed by atoms with Crippen LogP contribution in [0.1, 0.15) is 16.8 Å². The van der Waals surface area contributed by atoms with Crippen LogP contribution in [-0.2, 0) is 0 Å². The summed E-state index contributed by atoms with van der Waals surface area (Å²) < 4.78 is 5.68. The molecular formula is C11H14Cl2N2O2. The second kappa shape index (κ2) is 6.07. The van der Waals surface area contributed by atoms with E-state index in [1.807, 2.05) is 0 Å². The molecule has 0 spiro atoms. The van der Waals surface area contributed by atoms with Gasteiger partial charge in [-0.3, -0.25) is 4.79 Å². The molecule has 1 aromatic heterocycles.